The number of hydrogen-bond donors (Lipinski definition) is 0. The quantitative estimate of drug-likeness (QED) is 0.440. The Bertz CT molecular complexity index is 978. The molecule has 144 valence electrons. The average molecular weight is 449 g/mol. The highest BCUT2D eigenvalue weighted by Gasteiger charge is 2.23. The van der Waals surface area contributed by atoms with Gasteiger partial charge in [0.25, 0.3) is 0 Å². The maximum absolute atomic E-state index is 12.4. The van der Waals surface area contributed by atoms with Crippen LogP contribution in [0.4, 0.5) is 0 Å². The number of ether oxygens (including phenoxy) is 1. The molecule has 3 aromatic rings. The minimum absolute atomic E-state index is 0.163. The van der Waals surface area contributed by atoms with Gasteiger partial charge in [0.1, 0.15) is 10.8 Å². The number of benzene rings is 1. The van der Waals surface area contributed by atoms with Crippen molar-refractivity contribution in [3.63, 3.8) is 0 Å². The van der Waals surface area contributed by atoms with E-state index >= 15 is 0 Å². The Hall–Kier alpha value is -1.93. The minimum atomic E-state index is -0.817. The number of carbonyl (C=O) groups is 1. The van der Waals surface area contributed by atoms with Crippen LogP contribution in [0.3, 0.4) is 0 Å². The second kappa shape index (κ2) is 10.0. The number of hydrogen-bond acceptors (Lipinski definition) is 10. The number of rotatable bonds is 9. The lowest BCUT2D eigenvalue weighted by Crippen LogP contribution is -2.13. The van der Waals surface area contributed by atoms with E-state index in [2.05, 4.69) is 21.3 Å². The third-order valence-electron chi connectivity index (χ3n) is 3.58. The number of ketones is 1. The van der Waals surface area contributed by atoms with Crippen LogP contribution in [0.25, 0.3) is 0 Å². The van der Waals surface area contributed by atoms with Gasteiger partial charge < -0.3 is 4.74 Å². The van der Waals surface area contributed by atoms with E-state index in [0.717, 1.165) is 25.9 Å². The van der Waals surface area contributed by atoms with E-state index in [1.54, 1.807) is 18.9 Å². The lowest BCUT2D eigenvalue weighted by molar-refractivity contribution is -0.116. The molecule has 1 aromatic carbocycles. The monoisotopic (exact) mass is 448 g/mol. The molecule has 0 fully saturated rings. The standard InChI is InChI=1S/C18H16N4O2S4/c1-11-8-25-16(20-11)14(7-19)15(23)10-27-18-22-21-17(28-18)26-9-12-3-5-13(24-2)6-4-12/h3-6,8,14H,9-10H2,1-2H3. The van der Waals surface area contributed by atoms with E-state index in [1.165, 1.54) is 40.0 Å². The van der Waals surface area contributed by atoms with Crippen molar-refractivity contribution in [3.05, 3.63) is 45.9 Å². The number of nitrogens with zero attached hydrogens (tertiary/aromatic N) is 4. The van der Waals surface area contributed by atoms with Crippen molar-refractivity contribution >= 4 is 52.0 Å². The molecule has 0 spiro atoms. The number of nitriles is 1. The van der Waals surface area contributed by atoms with E-state index in [9.17, 15) is 10.1 Å². The molecule has 0 aliphatic heterocycles. The van der Waals surface area contributed by atoms with Crippen LogP contribution in [0.15, 0.2) is 38.3 Å². The van der Waals surface area contributed by atoms with E-state index < -0.39 is 5.92 Å². The van der Waals surface area contributed by atoms with Gasteiger partial charge in [-0.25, -0.2) is 4.98 Å². The van der Waals surface area contributed by atoms with Gasteiger partial charge in [0.05, 0.1) is 18.9 Å². The number of Topliss-reactive ketones (excluding diaryl/α,β-unsaturated/α-hetero) is 1. The summed E-state index contributed by atoms with van der Waals surface area (Å²) in [6.45, 7) is 1.85. The maximum atomic E-state index is 12.4. The highest BCUT2D eigenvalue weighted by Crippen LogP contribution is 2.32. The van der Waals surface area contributed by atoms with Crippen LogP contribution in [0.2, 0.25) is 0 Å². The summed E-state index contributed by atoms with van der Waals surface area (Å²) in [5.41, 5.74) is 1.99. The van der Waals surface area contributed by atoms with Crippen molar-refractivity contribution in [2.24, 2.45) is 0 Å². The Morgan fingerprint density at radius 2 is 1.96 bits per heavy atom. The van der Waals surface area contributed by atoms with Crippen LogP contribution in [0, 0.1) is 18.3 Å². The fourth-order valence-corrected chi connectivity index (χ4v) is 5.91. The molecule has 0 saturated carbocycles. The summed E-state index contributed by atoms with van der Waals surface area (Å²) in [5.74, 6) is 0.806. The van der Waals surface area contributed by atoms with Gasteiger partial charge in [-0.2, -0.15) is 5.26 Å². The molecule has 6 nitrogen and oxygen atoms in total. The van der Waals surface area contributed by atoms with Crippen molar-refractivity contribution in [1.82, 2.24) is 15.2 Å². The first-order valence-electron chi connectivity index (χ1n) is 8.15. The Morgan fingerprint density at radius 1 is 1.25 bits per heavy atom. The second-order valence-corrected chi connectivity index (χ2v) is 9.93. The first-order chi connectivity index (χ1) is 13.6. The average Bonchev–Trinajstić information content (AvgIpc) is 3.35. The van der Waals surface area contributed by atoms with E-state index in [1.807, 2.05) is 36.6 Å². The number of carbonyl (C=O) groups excluding carboxylic acids is 1. The van der Waals surface area contributed by atoms with Gasteiger partial charge in [-0.1, -0.05) is 47.0 Å². The largest absolute Gasteiger partial charge is 0.497 e. The van der Waals surface area contributed by atoms with Crippen LogP contribution in [0.1, 0.15) is 22.2 Å². The lowest BCUT2D eigenvalue weighted by Gasteiger charge is -2.03. The SMILES string of the molecule is COc1ccc(CSc2nnc(SCC(=O)C(C#N)c3nc(C)cs3)s2)cc1. The van der Waals surface area contributed by atoms with E-state index in [-0.39, 0.29) is 11.5 Å². The summed E-state index contributed by atoms with van der Waals surface area (Å²) >= 11 is 5.70. The van der Waals surface area contributed by atoms with Crippen molar-refractivity contribution in [2.45, 2.75) is 27.3 Å². The molecule has 0 amide bonds. The number of thiazole rings is 1. The Kier molecular flexibility index (Phi) is 7.44. The number of aromatic nitrogens is 3. The van der Waals surface area contributed by atoms with Crippen LogP contribution >= 0.6 is 46.2 Å². The van der Waals surface area contributed by atoms with Gasteiger partial charge in [0, 0.05) is 16.8 Å². The molecular formula is C18H16N4O2S4. The summed E-state index contributed by atoms with van der Waals surface area (Å²) in [6.07, 6.45) is 0. The smallest absolute Gasteiger partial charge is 0.175 e. The van der Waals surface area contributed by atoms with Crippen LogP contribution in [-0.4, -0.2) is 33.8 Å². The third-order valence-corrected chi connectivity index (χ3v) is 7.89. The third kappa shape index (κ3) is 5.54. The molecule has 0 radical (unpaired) electrons. The maximum Gasteiger partial charge on any atom is 0.175 e. The van der Waals surface area contributed by atoms with E-state index in [4.69, 9.17) is 4.74 Å². The lowest BCUT2D eigenvalue weighted by atomic mass is 10.1. The number of methoxy groups -OCH3 is 1. The molecular weight excluding hydrogens is 432 g/mol. The van der Waals surface area contributed by atoms with Gasteiger partial charge in [-0.05, 0) is 24.6 Å². The number of thioether (sulfide) groups is 2. The molecule has 1 atom stereocenters. The molecule has 3 rings (SSSR count). The fraction of sp³-hybridized carbons (Fsp3) is 0.278. The zero-order chi connectivity index (χ0) is 19.9. The van der Waals surface area contributed by atoms with Gasteiger partial charge >= 0.3 is 0 Å². The van der Waals surface area contributed by atoms with Gasteiger partial charge in [0.2, 0.25) is 0 Å². The first kappa shape index (κ1) is 20.8. The summed E-state index contributed by atoms with van der Waals surface area (Å²) in [7, 11) is 1.64. The zero-order valence-corrected chi connectivity index (χ0v) is 18.4. The molecule has 10 heteroatoms. The van der Waals surface area contributed by atoms with Gasteiger partial charge in [-0.15, -0.1) is 21.5 Å². The Balaban J connectivity index is 1.51. The number of aryl methyl sites for hydroxylation is 1. The predicted molar refractivity (Wildman–Crippen MR) is 113 cm³/mol. The molecule has 2 heterocycles. The van der Waals surface area contributed by atoms with Crippen LogP contribution < -0.4 is 4.74 Å². The summed E-state index contributed by atoms with van der Waals surface area (Å²) in [4.78, 5) is 16.6. The Morgan fingerprint density at radius 3 is 2.57 bits per heavy atom. The highest BCUT2D eigenvalue weighted by atomic mass is 32.2. The Labute approximate surface area is 179 Å². The molecule has 0 saturated heterocycles. The predicted octanol–water partition coefficient (Wildman–Crippen LogP) is 4.57. The minimum Gasteiger partial charge on any atom is -0.497 e. The van der Waals surface area contributed by atoms with Crippen molar-refractivity contribution in [3.8, 4) is 11.8 Å². The van der Waals surface area contributed by atoms with Gasteiger partial charge in [-0.3, -0.25) is 4.79 Å². The summed E-state index contributed by atoms with van der Waals surface area (Å²) < 4.78 is 6.72. The molecule has 2 aromatic heterocycles. The molecule has 0 aliphatic rings. The summed E-state index contributed by atoms with van der Waals surface area (Å²) in [5, 5.41) is 20.0. The molecule has 0 N–H and O–H groups in total. The zero-order valence-electron chi connectivity index (χ0n) is 15.1. The topological polar surface area (TPSA) is 88.8 Å². The normalized spacial score (nSPS) is 11.8. The molecule has 0 bridgehead atoms. The van der Waals surface area contributed by atoms with Crippen molar-refractivity contribution < 1.29 is 9.53 Å². The van der Waals surface area contributed by atoms with Crippen LogP contribution in [0.5, 0.6) is 5.75 Å². The highest BCUT2D eigenvalue weighted by molar-refractivity contribution is 8.03. The van der Waals surface area contributed by atoms with Crippen molar-refractivity contribution in [2.75, 3.05) is 12.9 Å². The molecule has 28 heavy (non-hydrogen) atoms. The van der Waals surface area contributed by atoms with Gasteiger partial charge in [0.15, 0.2) is 20.4 Å². The fourth-order valence-electron chi connectivity index (χ4n) is 2.17. The first-order valence-corrected chi connectivity index (χ1v) is 11.8. The summed E-state index contributed by atoms with van der Waals surface area (Å²) in [6, 6.07) is 9.95. The van der Waals surface area contributed by atoms with Crippen LogP contribution in [-0.2, 0) is 10.5 Å². The van der Waals surface area contributed by atoms with E-state index in [0.29, 0.717) is 5.01 Å². The molecule has 1 unspecified atom stereocenters. The van der Waals surface area contributed by atoms with Crippen molar-refractivity contribution in [1.29, 1.82) is 5.26 Å². The second-order valence-electron chi connectivity index (χ2n) is 5.61. The molecule has 0 aliphatic carbocycles.